The van der Waals surface area contributed by atoms with Crippen LogP contribution in [0.3, 0.4) is 0 Å². The molecule has 39 heteroatoms. The fourth-order valence-corrected chi connectivity index (χ4v) is 8.69. The molecule has 520 valence electrons. The van der Waals surface area contributed by atoms with Gasteiger partial charge in [0.1, 0.15) is 79.1 Å². The SMILES string of the molecule is CC(C)N[C@@H](CCC(=O)NC[C@H](O)[C@@H](O)[C@H](O)[C@H](O)CO)C(=O)N[C@H](CCC(=O)O)C(=O)N[C@@H](CCC(=O)NC[C@H](O)[C@@H](O)[C@H](O)[C@H](O)CO)C(=O)N[C@H](CCC(=O)O)C(=O)N[C@@H](CCC(=O)NC[C@H](O)[C@@H](O)[C@H](O)[C@H](O)CO)C(=O)N[C@H](SC(C)C)C(=O)O. The third kappa shape index (κ3) is 32.8. The van der Waals surface area contributed by atoms with Gasteiger partial charge in [-0.15, -0.1) is 11.8 Å². The maximum absolute atomic E-state index is 14.4. The maximum atomic E-state index is 14.4. The van der Waals surface area contributed by atoms with Crippen molar-refractivity contribution in [3.05, 3.63) is 0 Å². The van der Waals surface area contributed by atoms with E-state index in [1.165, 1.54) is 0 Å². The molecular formula is C51H91N9O29S. The van der Waals surface area contributed by atoms with Crippen LogP contribution in [0, 0.1) is 0 Å². The fraction of sp³-hybridized carbons (Fsp3) is 0.784. The molecule has 0 heterocycles. The normalized spacial score (nSPS) is 17.7. The van der Waals surface area contributed by atoms with Gasteiger partial charge in [0.15, 0.2) is 5.37 Å². The van der Waals surface area contributed by atoms with Gasteiger partial charge in [0.25, 0.3) is 0 Å². The summed E-state index contributed by atoms with van der Waals surface area (Å²) in [7, 11) is 0. The van der Waals surface area contributed by atoms with Crippen LogP contribution >= 0.6 is 11.8 Å². The molecule has 0 fully saturated rings. The molecule has 0 aliphatic heterocycles. The summed E-state index contributed by atoms with van der Waals surface area (Å²) >= 11 is 0.721. The monoisotopic (exact) mass is 1330 g/mol. The minimum Gasteiger partial charge on any atom is -0.481 e. The number of aliphatic carboxylic acids is 3. The first-order valence-corrected chi connectivity index (χ1v) is 29.3. The van der Waals surface area contributed by atoms with E-state index < -0.39 is 283 Å². The van der Waals surface area contributed by atoms with Gasteiger partial charge in [-0.25, -0.2) is 4.79 Å². The van der Waals surface area contributed by atoms with Crippen LogP contribution in [0.25, 0.3) is 0 Å². The Morgan fingerprint density at radius 3 is 0.833 bits per heavy atom. The molecule has 0 saturated heterocycles. The molecule has 0 rings (SSSR count). The van der Waals surface area contributed by atoms with E-state index in [-0.39, 0.29) is 6.42 Å². The highest BCUT2D eigenvalue weighted by atomic mass is 32.2. The van der Waals surface area contributed by atoms with Crippen LogP contribution in [0.4, 0.5) is 0 Å². The Labute approximate surface area is 519 Å². The minimum atomic E-state index is -2.16. The number of rotatable bonds is 48. The second kappa shape index (κ2) is 43.6. The van der Waals surface area contributed by atoms with E-state index >= 15 is 0 Å². The molecular weight excluding hydrogens is 1230 g/mol. The quantitative estimate of drug-likeness (QED) is 0.0252. The zero-order valence-electron chi connectivity index (χ0n) is 49.8. The highest BCUT2D eigenvalue weighted by Crippen LogP contribution is 2.17. The third-order valence-electron chi connectivity index (χ3n) is 13.1. The number of hydrogen-bond acceptors (Lipinski definition) is 28. The van der Waals surface area contributed by atoms with Crippen molar-refractivity contribution in [2.45, 2.75) is 212 Å². The average Bonchev–Trinajstić information content (AvgIpc) is 1.47. The van der Waals surface area contributed by atoms with Crippen LogP contribution in [-0.2, 0) is 52.7 Å². The summed E-state index contributed by atoms with van der Waals surface area (Å²) in [5, 5.41) is 195. The van der Waals surface area contributed by atoms with Crippen LogP contribution in [0.1, 0.15) is 91.9 Å². The molecule has 27 N–H and O–H groups in total. The maximum Gasteiger partial charge on any atom is 0.336 e. The van der Waals surface area contributed by atoms with Crippen LogP contribution in [0.15, 0.2) is 0 Å². The summed E-state index contributed by atoms with van der Waals surface area (Å²) in [6, 6.07) is -9.85. The highest BCUT2D eigenvalue weighted by Gasteiger charge is 2.37. The van der Waals surface area contributed by atoms with Crippen molar-refractivity contribution < 1.29 is 145 Å². The molecule has 90 heavy (non-hydrogen) atoms. The molecule has 38 nitrogen and oxygen atoms in total. The number of carboxylic acids is 3. The zero-order chi connectivity index (χ0) is 69.3. The van der Waals surface area contributed by atoms with E-state index in [4.69, 9.17) is 15.3 Å². The number of nitrogens with one attached hydrogen (secondary N) is 9. The number of amides is 8. The van der Waals surface area contributed by atoms with Crippen molar-refractivity contribution in [2.75, 3.05) is 39.5 Å². The molecule has 0 aromatic carbocycles. The molecule has 0 aromatic heterocycles. The lowest BCUT2D eigenvalue weighted by Gasteiger charge is -2.28. The standard InChI is InChI=1S/C51H91N9O29S/c1-21(2)55-23(5-10-34(70)52-15-28(64)39(77)42(80)31(67)18-61)45(83)58-26(8-13-37(73)74)47(85)56-24(6-11-35(71)53-16-29(65)40(78)43(81)32(68)19-62)46(84)59-27(9-14-38(75)76)48(86)57-25(49(87)60-50(51(88)89)90-22(3)4)7-12-36(72)54-17-30(66)41(79)44(82)33(69)20-63/h21-33,39-44,50,55,61-69,77-82H,5-20H2,1-4H3,(H,52,70)(H,53,71)(H,54,72)(H,56,85)(H,57,86)(H,58,83)(H,59,84)(H,60,87)(H,73,74)(H,75,76)(H,88,89)/t23-,24-,25-,26+,27+,28-,29-,30-,31+,32+,33+,39+,40+,41+,42+,43+,44+,50+/m0/s1. The van der Waals surface area contributed by atoms with Gasteiger partial charge in [-0.2, -0.15) is 0 Å². The predicted octanol–water partition coefficient (Wildman–Crippen LogP) is -12.3. The van der Waals surface area contributed by atoms with Crippen LogP contribution in [0.2, 0.25) is 0 Å². The molecule has 18 atom stereocenters. The van der Waals surface area contributed by atoms with Gasteiger partial charge in [0.2, 0.25) is 47.3 Å². The summed E-state index contributed by atoms with van der Waals surface area (Å²) in [6.07, 6.45) is -31.4. The number of hydrogen-bond donors (Lipinski definition) is 27. The second-order valence-electron chi connectivity index (χ2n) is 21.3. The lowest BCUT2D eigenvalue weighted by Crippen LogP contribution is -2.59. The first kappa shape index (κ1) is 83.9. The summed E-state index contributed by atoms with van der Waals surface area (Å²) < 4.78 is 0. The average molecular weight is 1330 g/mol. The molecule has 0 unspecified atom stereocenters. The Bertz CT molecular complexity index is 2280. The van der Waals surface area contributed by atoms with Gasteiger partial charge in [0.05, 0.1) is 44.2 Å². The van der Waals surface area contributed by atoms with Crippen molar-refractivity contribution in [3.63, 3.8) is 0 Å². The zero-order valence-corrected chi connectivity index (χ0v) is 50.6. The molecule has 0 aliphatic rings. The molecule has 0 aromatic rings. The van der Waals surface area contributed by atoms with E-state index in [9.17, 15) is 129 Å². The predicted molar refractivity (Wildman–Crippen MR) is 306 cm³/mol. The van der Waals surface area contributed by atoms with Gasteiger partial charge in [-0.3, -0.25) is 47.9 Å². The molecule has 8 amide bonds. The van der Waals surface area contributed by atoms with Gasteiger partial charge < -0.3 is 140 Å². The fourth-order valence-electron chi connectivity index (χ4n) is 7.85. The number of carbonyl (C=O) groups is 11. The largest absolute Gasteiger partial charge is 0.481 e. The summed E-state index contributed by atoms with van der Waals surface area (Å²) in [6.45, 7) is 0.854. The Hall–Kier alpha value is -6.12. The topological polar surface area (TPSA) is 660 Å². The Kier molecular flexibility index (Phi) is 40.6. The summed E-state index contributed by atoms with van der Waals surface area (Å²) in [4.78, 5) is 145. The van der Waals surface area contributed by atoms with Gasteiger partial charge in [0, 0.05) is 63.0 Å². The van der Waals surface area contributed by atoms with Crippen molar-refractivity contribution in [1.82, 2.24) is 47.9 Å². The smallest absolute Gasteiger partial charge is 0.336 e. The third-order valence-corrected chi connectivity index (χ3v) is 14.2. The van der Waals surface area contributed by atoms with E-state index in [0.717, 1.165) is 11.8 Å². The molecule has 0 spiro atoms. The van der Waals surface area contributed by atoms with E-state index in [0.29, 0.717) is 0 Å². The van der Waals surface area contributed by atoms with Gasteiger partial charge in [-0.1, -0.05) is 27.7 Å². The number of thioether (sulfide) groups is 1. The van der Waals surface area contributed by atoms with E-state index in [1.807, 2.05) is 0 Å². The highest BCUT2D eigenvalue weighted by molar-refractivity contribution is 8.01. The summed E-state index contributed by atoms with van der Waals surface area (Å²) in [5.41, 5.74) is 0. The van der Waals surface area contributed by atoms with Crippen LogP contribution in [-0.4, -0.2) is 317 Å². The summed E-state index contributed by atoms with van der Waals surface area (Å²) in [5.74, 6) is -14.1. The van der Waals surface area contributed by atoms with Gasteiger partial charge >= 0.3 is 17.9 Å². The van der Waals surface area contributed by atoms with Crippen molar-refractivity contribution >= 4 is 76.9 Å². The van der Waals surface area contributed by atoms with E-state index in [1.54, 1.807) is 27.7 Å². The van der Waals surface area contributed by atoms with Crippen molar-refractivity contribution in [3.8, 4) is 0 Å². The van der Waals surface area contributed by atoms with Crippen molar-refractivity contribution in [1.29, 1.82) is 0 Å². The van der Waals surface area contributed by atoms with Crippen molar-refractivity contribution in [2.24, 2.45) is 0 Å². The van der Waals surface area contributed by atoms with Gasteiger partial charge in [-0.05, 0) is 32.1 Å². The molecule has 0 saturated carbocycles. The number of aliphatic hydroxyl groups excluding tert-OH is 15. The lowest BCUT2D eigenvalue weighted by molar-refractivity contribution is -0.140. The van der Waals surface area contributed by atoms with E-state index in [2.05, 4.69) is 47.9 Å². The Morgan fingerprint density at radius 2 is 0.589 bits per heavy atom. The second-order valence-corrected chi connectivity index (χ2v) is 23.0. The Morgan fingerprint density at radius 1 is 0.344 bits per heavy atom. The Balaban J connectivity index is 7.29. The number of carbonyl (C=O) groups excluding carboxylic acids is 8. The first-order chi connectivity index (χ1) is 41.9. The van der Waals surface area contributed by atoms with Crippen LogP contribution < -0.4 is 47.9 Å². The van der Waals surface area contributed by atoms with Crippen LogP contribution in [0.5, 0.6) is 0 Å². The lowest BCUT2D eigenvalue weighted by atomic mass is 10.0. The number of carboxylic acid groups (broad SMARTS) is 3. The minimum absolute atomic E-state index is 0.382. The number of aliphatic hydroxyl groups is 15. The molecule has 0 bridgehead atoms. The molecule has 0 aliphatic carbocycles. The first-order valence-electron chi connectivity index (χ1n) is 28.3. The molecule has 0 radical (unpaired) electrons.